The number of guanidine groups is 1. The Labute approximate surface area is 159 Å². The molecule has 11 nitrogen and oxygen atoms in total. The van der Waals surface area contributed by atoms with E-state index in [1.165, 1.54) is 30.9 Å². The van der Waals surface area contributed by atoms with E-state index in [1.54, 1.807) is 18.2 Å². The summed E-state index contributed by atoms with van der Waals surface area (Å²) in [5.41, 5.74) is 5.47. The first kappa shape index (κ1) is 18.9. The fourth-order valence-electron chi connectivity index (χ4n) is 2.49. The lowest BCUT2D eigenvalue weighted by Crippen LogP contribution is -2.54. The topological polar surface area (TPSA) is 141 Å². The van der Waals surface area contributed by atoms with E-state index in [1.807, 2.05) is 0 Å². The highest BCUT2D eigenvalue weighted by Gasteiger charge is 2.40. The predicted octanol–water partition coefficient (Wildman–Crippen LogP) is 0.477. The lowest BCUT2D eigenvalue weighted by atomic mass is 10.4. The SMILES string of the molecule is COC1=CC(OC)N(S(=O)(=O)c2c(Cl)nc3ccccn23)C(NC(N)=O)=N1. The van der Waals surface area contributed by atoms with E-state index in [0.717, 1.165) is 4.31 Å². The molecule has 0 fully saturated rings. The second-order valence-electron chi connectivity index (χ2n) is 5.20. The first-order valence-electron chi connectivity index (χ1n) is 7.40. The summed E-state index contributed by atoms with van der Waals surface area (Å²) < 4.78 is 39.1. The smallest absolute Gasteiger partial charge is 0.318 e. The Hall–Kier alpha value is -2.83. The Morgan fingerprint density at radius 3 is 2.74 bits per heavy atom. The zero-order chi connectivity index (χ0) is 19.8. The van der Waals surface area contributed by atoms with Crippen molar-refractivity contribution in [3.05, 3.63) is 41.5 Å². The Kier molecular flexibility index (Phi) is 4.95. The predicted molar refractivity (Wildman–Crippen MR) is 95.3 cm³/mol. The van der Waals surface area contributed by atoms with Crippen LogP contribution >= 0.6 is 11.6 Å². The molecule has 0 bridgehead atoms. The van der Waals surface area contributed by atoms with Crippen LogP contribution in [0.2, 0.25) is 5.15 Å². The van der Waals surface area contributed by atoms with Crippen LogP contribution in [0.25, 0.3) is 5.65 Å². The number of primary amides is 1. The molecule has 0 aromatic carbocycles. The van der Waals surface area contributed by atoms with Crippen molar-refractivity contribution >= 4 is 39.3 Å². The van der Waals surface area contributed by atoms with Gasteiger partial charge in [-0.05, 0) is 12.1 Å². The van der Waals surface area contributed by atoms with Crippen LogP contribution in [-0.4, -0.2) is 54.5 Å². The molecule has 13 heteroatoms. The highest BCUT2D eigenvalue weighted by atomic mass is 35.5. The highest BCUT2D eigenvalue weighted by Crippen LogP contribution is 2.29. The minimum atomic E-state index is -4.39. The lowest BCUT2D eigenvalue weighted by molar-refractivity contribution is 0.0747. The van der Waals surface area contributed by atoms with E-state index in [2.05, 4.69) is 15.3 Å². The van der Waals surface area contributed by atoms with Crippen molar-refractivity contribution < 1.29 is 22.7 Å². The van der Waals surface area contributed by atoms with Gasteiger partial charge in [-0.3, -0.25) is 9.72 Å². The van der Waals surface area contributed by atoms with Crippen molar-refractivity contribution in [3.8, 4) is 0 Å². The van der Waals surface area contributed by atoms with Gasteiger partial charge in [-0.25, -0.2) is 14.1 Å². The molecule has 0 saturated carbocycles. The lowest BCUT2D eigenvalue weighted by Gasteiger charge is -2.32. The third kappa shape index (κ3) is 3.29. The van der Waals surface area contributed by atoms with Crippen LogP contribution in [0.3, 0.4) is 0 Å². The van der Waals surface area contributed by atoms with Crippen LogP contribution in [0.4, 0.5) is 4.79 Å². The van der Waals surface area contributed by atoms with Crippen molar-refractivity contribution in [1.29, 1.82) is 0 Å². The summed E-state index contributed by atoms with van der Waals surface area (Å²) in [4.78, 5) is 19.3. The number of amides is 2. The number of carbonyl (C=O) groups excluding carboxylic acids is 1. The van der Waals surface area contributed by atoms with Crippen molar-refractivity contribution in [3.63, 3.8) is 0 Å². The molecule has 0 spiro atoms. The number of hydrogen-bond donors (Lipinski definition) is 2. The van der Waals surface area contributed by atoms with Crippen molar-refractivity contribution in [2.45, 2.75) is 11.3 Å². The molecule has 27 heavy (non-hydrogen) atoms. The molecule has 1 atom stereocenters. The second kappa shape index (κ2) is 7.06. The maximum Gasteiger partial charge on any atom is 0.318 e. The van der Waals surface area contributed by atoms with Gasteiger partial charge in [0.1, 0.15) is 5.65 Å². The van der Waals surface area contributed by atoms with Crippen LogP contribution in [0, 0.1) is 0 Å². The summed E-state index contributed by atoms with van der Waals surface area (Å²) in [6, 6.07) is 3.87. The molecule has 0 radical (unpaired) electrons. The number of nitrogens with zero attached hydrogens (tertiary/aromatic N) is 4. The minimum absolute atomic E-state index is 0.0290. The molecular weight excluding hydrogens is 400 g/mol. The Morgan fingerprint density at radius 2 is 2.11 bits per heavy atom. The van der Waals surface area contributed by atoms with Gasteiger partial charge < -0.3 is 15.2 Å². The summed E-state index contributed by atoms with van der Waals surface area (Å²) in [5.74, 6) is -0.378. The second-order valence-corrected chi connectivity index (χ2v) is 7.29. The van der Waals surface area contributed by atoms with Gasteiger partial charge in [0.05, 0.1) is 7.11 Å². The molecule has 3 rings (SSSR count). The van der Waals surface area contributed by atoms with Gasteiger partial charge in [0.15, 0.2) is 16.4 Å². The number of aromatic nitrogens is 2. The summed E-state index contributed by atoms with van der Waals surface area (Å²) in [5, 5.41) is 1.58. The molecule has 3 heterocycles. The number of halogens is 1. The van der Waals surface area contributed by atoms with Crippen molar-refractivity contribution in [2.24, 2.45) is 10.7 Å². The molecule has 0 aliphatic carbocycles. The number of aliphatic imine (C=N–C) groups is 1. The zero-order valence-electron chi connectivity index (χ0n) is 14.2. The van der Waals surface area contributed by atoms with Gasteiger partial charge in [-0.15, -0.1) is 0 Å². The summed E-state index contributed by atoms with van der Waals surface area (Å²) in [6.07, 6.45) is 1.61. The zero-order valence-corrected chi connectivity index (χ0v) is 15.7. The molecule has 2 aromatic heterocycles. The minimum Gasteiger partial charge on any atom is -0.481 e. The van der Waals surface area contributed by atoms with E-state index in [9.17, 15) is 13.2 Å². The maximum absolute atomic E-state index is 13.4. The summed E-state index contributed by atoms with van der Waals surface area (Å²) >= 11 is 6.10. The fraction of sp³-hybridized carbons (Fsp3) is 0.214. The molecule has 1 aliphatic rings. The third-order valence-electron chi connectivity index (χ3n) is 3.58. The van der Waals surface area contributed by atoms with Crippen molar-refractivity contribution in [2.75, 3.05) is 14.2 Å². The largest absolute Gasteiger partial charge is 0.481 e. The van der Waals surface area contributed by atoms with E-state index in [4.69, 9.17) is 26.8 Å². The number of fused-ring (bicyclic) bond motifs is 1. The van der Waals surface area contributed by atoms with Crippen LogP contribution in [0.15, 0.2) is 46.4 Å². The number of sulfonamides is 1. The molecule has 1 unspecified atom stereocenters. The van der Waals surface area contributed by atoms with Crippen LogP contribution < -0.4 is 11.1 Å². The molecule has 2 aromatic rings. The van der Waals surface area contributed by atoms with Crippen LogP contribution in [0.1, 0.15) is 0 Å². The molecule has 3 N–H and O–H groups in total. The monoisotopic (exact) mass is 414 g/mol. The van der Waals surface area contributed by atoms with Gasteiger partial charge in [0, 0.05) is 19.4 Å². The number of nitrogens with one attached hydrogen (secondary N) is 1. The number of pyridine rings is 1. The fourth-order valence-corrected chi connectivity index (χ4v) is 4.54. The average molecular weight is 415 g/mol. The normalized spacial score (nSPS) is 17.4. The van der Waals surface area contributed by atoms with Gasteiger partial charge in [-0.1, -0.05) is 17.7 Å². The van der Waals surface area contributed by atoms with Gasteiger partial charge >= 0.3 is 6.03 Å². The number of methoxy groups -OCH3 is 2. The first-order valence-corrected chi connectivity index (χ1v) is 9.22. The van der Waals surface area contributed by atoms with E-state index in [0.29, 0.717) is 5.65 Å². The molecule has 2 amide bonds. The highest BCUT2D eigenvalue weighted by molar-refractivity contribution is 7.89. The number of carbonyl (C=O) groups is 1. The quantitative estimate of drug-likeness (QED) is 0.745. The van der Waals surface area contributed by atoms with Crippen LogP contribution in [0.5, 0.6) is 0 Å². The average Bonchev–Trinajstić information content (AvgIpc) is 2.96. The summed E-state index contributed by atoms with van der Waals surface area (Å²) in [7, 11) is -1.78. The first-order chi connectivity index (χ1) is 12.8. The molecule has 1 aliphatic heterocycles. The van der Waals surface area contributed by atoms with E-state index >= 15 is 0 Å². The van der Waals surface area contributed by atoms with Gasteiger partial charge in [0.2, 0.25) is 11.8 Å². The molecule has 144 valence electrons. The van der Waals surface area contributed by atoms with Gasteiger partial charge in [0.25, 0.3) is 10.0 Å². The standard InChI is InChI=1S/C14H15ClN6O5S/c1-25-9-7-10(26-2)21(14(18-9)19-13(16)22)27(23,24)12-11(15)17-8-5-3-4-6-20(8)12/h3-7,10H,1-2H3,(H3,16,18,19,22). The number of ether oxygens (including phenoxy) is 2. The number of nitrogens with two attached hydrogens (primary N) is 1. The van der Waals surface area contributed by atoms with Crippen molar-refractivity contribution in [1.82, 2.24) is 19.0 Å². The number of urea groups is 1. The number of imidazole rings is 1. The van der Waals surface area contributed by atoms with E-state index in [-0.39, 0.29) is 16.1 Å². The van der Waals surface area contributed by atoms with E-state index < -0.39 is 28.2 Å². The Morgan fingerprint density at radius 1 is 1.37 bits per heavy atom. The summed E-state index contributed by atoms with van der Waals surface area (Å²) in [6.45, 7) is 0. The van der Waals surface area contributed by atoms with Gasteiger partial charge in [-0.2, -0.15) is 13.4 Å². The third-order valence-corrected chi connectivity index (χ3v) is 5.73. The van der Waals surface area contributed by atoms with Crippen LogP contribution in [-0.2, 0) is 19.5 Å². The number of rotatable bonds is 4. The maximum atomic E-state index is 13.4. The Balaban J connectivity index is 2.21. The Bertz CT molecular complexity index is 1060. The molecular formula is C14H15ClN6O5S. The molecule has 0 saturated heterocycles. The number of hydrogen-bond acceptors (Lipinski definition) is 7.